The van der Waals surface area contributed by atoms with Gasteiger partial charge in [-0.2, -0.15) is 0 Å². The Morgan fingerprint density at radius 2 is 1.90 bits per heavy atom. The Balaban J connectivity index is 1.74. The van der Waals surface area contributed by atoms with Crippen LogP contribution in [0.5, 0.6) is 11.5 Å². The standard InChI is InChI=1S/C21H29N5O4/c1-25-10-7-22-18(25)13-23-21(28)15-11-16(20(30-3)17(12-15)29-2)24-19(27)14-26-8-5-4-6-9-26/h7,10-12H,4-6,8-9,13-14H2,1-3H3,(H,23,28)(H,24,27). The maximum absolute atomic E-state index is 12.7. The number of aryl methyl sites for hydroxylation is 1. The molecule has 0 spiro atoms. The number of aromatic nitrogens is 2. The molecule has 162 valence electrons. The second-order valence-electron chi connectivity index (χ2n) is 7.28. The fraction of sp³-hybridized carbons (Fsp3) is 0.476. The zero-order valence-electron chi connectivity index (χ0n) is 17.7. The van der Waals surface area contributed by atoms with E-state index in [0.29, 0.717) is 29.3 Å². The number of hydrogen-bond acceptors (Lipinski definition) is 6. The number of amides is 2. The van der Waals surface area contributed by atoms with Crippen molar-refractivity contribution in [2.75, 3.05) is 39.2 Å². The molecular weight excluding hydrogens is 386 g/mol. The number of rotatable bonds is 8. The summed E-state index contributed by atoms with van der Waals surface area (Å²) in [7, 11) is 4.85. The molecule has 2 amide bonds. The number of carbonyl (C=O) groups excluding carboxylic acids is 2. The Bertz CT molecular complexity index is 890. The minimum atomic E-state index is -0.300. The molecule has 1 fully saturated rings. The van der Waals surface area contributed by atoms with Crippen LogP contribution >= 0.6 is 0 Å². The molecule has 9 heteroatoms. The van der Waals surface area contributed by atoms with Gasteiger partial charge in [0, 0.05) is 25.0 Å². The Morgan fingerprint density at radius 3 is 2.53 bits per heavy atom. The lowest BCUT2D eigenvalue weighted by molar-refractivity contribution is -0.117. The smallest absolute Gasteiger partial charge is 0.251 e. The minimum Gasteiger partial charge on any atom is -0.493 e. The van der Waals surface area contributed by atoms with E-state index in [1.54, 1.807) is 18.3 Å². The summed E-state index contributed by atoms with van der Waals surface area (Å²) in [5, 5.41) is 5.71. The number of benzene rings is 1. The number of nitrogens with one attached hydrogen (secondary N) is 2. The number of nitrogens with zero attached hydrogens (tertiary/aromatic N) is 3. The molecule has 0 radical (unpaired) electrons. The molecule has 9 nitrogen and oxygen atoms in total. The van der Waals surface area contributed by atoms with Gasteiger partial charge in [0.15, 0.2) is 11.5 Å². The number of piperidine rings is 1. The molecule has 1 aliphatic heterocycles. The van der Waals surface area contributed by atoms with Crippen LogP contribution in [-0.2, 0) is 18.4 Å². The molecule has 0 atom stereocenters. The summed E-state index contributed by atoms with van der Waals surface area (Å²) in [6.07, 6.45) is 6.91. The lowest BCUT2D eigenvalue weighted by Crippen LogP contribution is -2.36. The number of ether oxygens (including phenoxy) is 2. The van der Waals surface area contributed by atoms with Gasteiger partial charge in [-0.15, -0.1) is 0 Å². The zero-order valence-corrected chi connectivity index (χ0v) is 17.7. The topological polar surface area (TPSA) is 97.7 Å². The van der Waals surface area contributed by atoms with Gasteiger partial charge >= 0.3 is 0 Å². The van der Waals surface area contributed by atoms with Crippen LogP contribution in [0.15, 0.2) is 24.5 Å². The van der Waals surface area contributed by atoms with Gasteiger partial charge in [-0.3, -0.25) is 14.5 Å². The van der Waals surface area contributed by atoms with E-state index in [1.165, 1.54) is 20.6 Å². The maximum Gasteiger partial charge on any atom is 0.251 e. The average Bonchev–Trinajstić information content (AvgIpc) is 3.16. The number of hydrogen-bond donors (Lipinski definition) is 2. The largest absolute Gasteiger partial charge is 0.493 e. The van der Waals surface area contributed by atoms with Gasteiger partial charge in [0.05, 0.1) is 33.0 Å². The van der Waals surface area contributed by atoms with Gasteiger partial charge < -0.3 is 24.7 Å². The van der Waals surface area contributed by atoms with Gasteiger partial charge in [0.1, 0.15) is 5.82 Å². The summed E-state index contributed by atoms with van der Waals surface area (Å²) in [4.78, 5) is 31.6. The molecule has 30 heavy (non-hydrogen) atoms. The van der Waals surface area contributed by atoms with E-state index in [4.69, 9.17) is 9.47 Å². The lowest BCUT2D eigenvalue weighted by Gasteiger charge is -2.25. The molecule has 2 heterocycles. The third-order valence-electron chi connectivity index (χ3n) is 5.16. The van der Waals surface area contributed by atoms with Crippen molar-refractivity contribution < 1.29 is 19.1 Å². The summed E-state index contributed by atoms with van der Waals surface area (Å²) in [5.74, 6) is 1.03. The molecule has 3 rings (SSSR count). The quantitative estimate of drug-likeness (QED) is 0.682. The fourth-order valence-corrected chi connectivity index (χ4v) is 3.53. The highest BCUT2D eigenvalue weighted by atomic mass is 16.5. The second kappa shape index (κ2) is 10.1. The Labute approximate surface area is 176 Å². The summed E-state index contributed by atoms with van der Waals surface area (Å²) < 4.78 is 12.6. The van der Waals surface area contributed by atoms with Crippen molar-refractivity contribution in [2.45, 2.75) is 25.8 Å². The average molecular weight is 415 g/mol. The third kappa shape index (κ3) is 5.29. The zero-order chi connectivity index (χ0) is 21.5. The Kier molecular flexibility index (Phi) is 7.29. The van der Waals surface area contributed by atoms with Crippen molar-refractivity contribution in [3.63, 3.8) is 0 Å². The number of likely N-dealkylation sites (tertiary alicyclic amines) is 1. The molecule has 1 saturated heterocycles. The van der Waals surface area contributed by atoms with Crippen molar-refractivity contribution in [1.82, 2.24) is 19.8 Å². The molecule has 2 N–H and O–H groups in total. The molecule has 0 saturated carbocycles. The van der Waals surface area contributed by atoms with Gasteiger partial charge in [-0.1, -0.05) is 6.42 Å². The highest BCUT2D eigenvalue weighted by Gasteiger charge is 2.20. The fourth-order valence-electron chi connectivity index (χ4n) is 3.53. The predicted octanol–water partition coefficient (Wildman–Crippen LogP) is 1.79. The SMILES string of the molecule is COc1cc(C(=O)NCc2nccn2C)cc(NC(=O)CN2CCCCC2)c1OC. The van der Waals surface area contributed by atoms with Crippen molar-refractivity contribution >= 4 is 17.5 Å². The van der Waals surface area contributed by atoms with Crippen LogP contribution in [0.1, 0.15) is 35.4 Å². The number of imidazole rings is 1. The monoisotopic (exact) mass is 415 g/mol. The van der Waals surface area contributed by atoms with Gasteiger partial charge in [0.25, 0.3) is 5.91 Å². The first-order chi connectivity index (χ1) is 14.5. The van der Waals surface area contributed by atoms with E-state index in [2.05, 4.69) is 20.5 Å². The summed E-state index contributed by atoms with van der Waals surface area (Å²) in [6.45, 7) is 2.43. The molecule has 2 aromatic rings. The molecule has 1 aliphatic rings. The van der Waals surface area contributed by atoms with E-state index in [0.717, 1.165) is 31.8 Å². The van der Waals surface area contributed by atoms with Crippen molar-refractivity contribution in [3.05, 3.63) is 35.9 Å². The molecular formula is C21H29N5O4. The molecule has 0 aliphatic carbocycles. The molecule has 1 aromatic heterocycles. The third-order valence-corrected chi connectivity index (χ3v) is 5.16. The van der Waals surface area contributed by atoms with Crippen molar-refractivity contribution in [1.29, 1.82) is 0 Å². The van der Waals surface area contributed by atoms with Gasteiger partial charge in [-0.25, -0.2) is 4.98 Å². The number of carbonyl (C=O) groups is 2. The molecule has 0 unspecified atom stereocenters. The van der Waals surface area contributed by atoms with Crippen LogP contribution in [0.4, 0.5) is 5.69 Å². The highest BCUT2D eigenvalue weighted by molar-refractivity contribution is 5.99. The normalized spacial score (nSPS) is 14.2. The van der Waals surface area contributed by atoms with E-state index < -0.39 is 0 Å². The van der Waals surface area contributed by atoms with Crippen LogP contribution in [0.2, 0.25) is 0 Å². The predicted molar refractivity (Wildman–Crippen MR) is 113 cm³/mol. The maximum atomic E-state index is 12.7. The van der Waals surface area contributed by atoms with E-state index >= 15 is 0 Å². The first kappa shape index (κ1) is 21.6. The first-order valence-corrected chi connectivity index (χ1v) is 10.0. The second-order valence-corrected chi connectivity index (χ2v) is 7.28. The van der Waals surface area contributed by atoms with E-state index in [-0.39, 0.29) is 18.4 Å². The van der Waals surface area contributed by atoms with Crippen LogP contribution in [-0.4, -0.2) is 60.1 Å². The van der Waals surface area contributed by atoms with Crippen LogP contribution in [0, 0.1) is 0 Å². The van der Waals surface area contributed by atoms with Crippen LogP contribution in [0.25, 0.3) is 0 Å². The molecule has 1 aromatic carbocycles. The van der Waals surface area contributed by atoms with Crippen LogP contribution < -0.4 is 20.1 Å². The van der Waals surface area contributed by atoms with Gasteiger partial charge in [-0.05, 0) is 38.1 Å². The number of anilines is 1. The van der Waals surface area contributed by atoms with Gasteiger partial charge in [0.2, 0.25) is 5.91 Å². The van der Waals surface area contributed by atoms with E-state index in [1.807, 2.05) is 17.8 Å². The Hall–Kier alpha value is -3.07. The summed E-state index contributed by atoms with van der Waals surface area (Å²) in [6, 6.07) is 3.19. The van der Waals surface area contributed by atoms with E-state index in [9.17, 15) is 9.59 Å². The Morgan fingerprint density at radius 1 is 1.13 bits per heavy atom. The molecule has 0 bridgehead atoms. The number of methoxy groups -OCH3 is 2. The first-order valence-electron chi connectivity index (χ1n) is 10.0. The lowest BCUT2D eigenvalue weighted by atomic mass is 10.1. The highest BCUT2D eigenvalue weighted by Crippen LogP contribution is 2.36. The van der Waals surface area contributed by atoms with Crippen molar-refractivity contribution in [3.8, 4) is 11.5 Å². The summed E-state index contributed by atoms with van der Waals surface area (Å²) in [5.41, 5.74) is 0.760. The minimum absolute atomic E-state index is 0.150. The van der Waals surface area contributed by atoms with Crippen LogP contribution in [0.3, 0.4) is 0 Å². The summed E-state index contributed by atoms with van der Waals surface area (Å²) >= 11 is 0. The van der Waals surface area contributed by atoms with Crippen molar-refractivity contribution in [2.24, 2.45) is 7.05 Å².